The summed E-state index contributed by atoms with van der Waals surface area (Å²) in [5.41, 5.74) is -1.11. The lowest BCUT2D eigenvalue weighted by Crippen LogP contribution is -2.08. The topological polar surface area (TPSA) is 81.8 Å². The number of nitro groups is 1. The van der Waals surface area contributed by atoms with Crippen LogP contribution in [0.4, 0.5) is 18.9 Å². The fourth-order valence-corrected chi connectivity index (χ4v) is 2.35. The van der Waals surface area contributed by atoms with Gasteiger partial charge in [0.15, 0.2) is 11.6 Å². The number of benzene rings is 2. The molecule has 0 aromatic heterocycles. The van der Waals surface area contributed by atoms with E-state index in [-0.39, 0.29) is 34.7 Å². The number of hydrogen-bond donors (Lipinski definition) is 1. The summed E-state index contributed by atoms with van der Waals surface area (Å²) in [6.45, 7) is -1.02. The third-order valence-corrected chi connectivity index (χ3v) is 3.69. The molecule has 0 amide bonds. The van der Waals surface area contributed by atoms with Crippen LogP contribution in [0, 0.1) is 27.6 Å². The average Bonchev–Trinajstić information content (AvgIpc) is 2.56. The Balaban J connectivity index is 2.31. The van der Waals surface area contributed by atoms with Gasteiger partial charge in [-0.05, 0) is 34.1 Å². The predicted octanol–water partition coefficient (Wildman–Crippen LogP) is 3.72. The number of halogens is 4. The Hall–Kier alpha value is -2.33. The number of nitro benzene ring substituents is 1. The summed E-state index contributed by atoms with van der Waals surface area (Å²) >= 11 is 2.98. The molecule has 6 nitrogen and oxygen atoms in total. The zero-order valence-corrected chi connectivity index (χ0v) is 14.1. The van der Waals surface area contributed by atoms with Crippen molar-refractivity contribution in [3.05, 3.63) is 61.9 Å². The third-order valence-electron chi connectivity index (χ3n) is 3.07. The molecule has 0 saturated heterocycles. The van der Waals surface area contributed by atoms with Crippen LogP contribution in [0.25, 0.3) is 0 Å². The fraction of sp³-hybridized carbons (Fsp3) is 0.200. The van der Waals surface area contributed by atoms with Crippen molar-refractivity contribution in [1.29, 1.82) is 0 Å². The number of nitrogens with zero attached hydrogens (tertiary/aromatic N) is 1. The van der Waals surface area contributed by atoms with Crippen molar-refractivity contribution in [3.63, 3.8) is 0 Å². The summed E-state index contributed by atoms with van der Waals surface area (Å²) in [7, 11) is 0. The number of ether oxygens (including phenoxy) is 2. The molecule has 0 aliphatic carbocycles. The van der Waals surface area contributed by atoms with Gasteiger partial charge in [-0.3, -0.25) is 10.1 Å². The second-order valence-electron chi connectivity index (χ2n) is 4.69. The molecule has 0 saturated carbocycles. The Labute approximate surface area is 148 Å². The van der Waals surface area contributed by atoms with E-state index >= 15 is 0 Å². The van der Waals surface area contributed by atoms with Crippen LogP contribution in [0.1, 0.15) is 5.56 Å². The number of aliphatic hydroxyl groups excluding tert-OH is 1. The molecule has 0 spiro atoms. The van der Waals surface area contributed by atoms with E-state index in [1.807, 2.05) is 0 Å². The van der Waals surface area contributed by atoms with E-state index in [1.54, 1.807) is 0 Å². The number of aliphatic hydroxyl groups is 1. The Morgan fingerprint density at radius 1 is 1.12 bits per heavy atom. The Kier molecular flexibility index (Phi) is 6.21. The molecule has 0 radical (unpaired) electrons. The maximum Gasteiger partial charge on any atom is 0.308 e. The molecule has 0 heterocycles. The monoisotopic (exact) mass is 421 g/mol. The van der Waals surface area contributed by atoms with Gasteiger partial charge in [0.1, 0.15) is 24.7 Å². The first kappa shape index (κ1) is 19.0. The van der Waals surface area contributed by atoms with Crippen LogP contribution < -0.4 is 9.47 Å². The van der Waals surface area contributed by atoms with Gasteiger partial charge in [0.2, 0.25) is 5.82 Å². The largest absolute Gasteiger partial charge is 0.491 e. The highest BCUT2D eigenvalue weighted by Crippen LogP contribution is 2.33. The summed E-state index contributed by atoms with van der Waals surface area (Å²) in [6, 6.07) is 3.67. The van der Waals surface area contributed by atoms with Crippen LogP contribution in [-0.2, 0) is 6.61 Å². The minimum atomic E-state index is -1.22. The maximum atomic E-state index is 14.0. The van der Waals surface area contributed by atoms with Gasteiger partial charge in [-0.15, -0.1) is 0 Å². The van der Waals surface area contributed by atoms with Gasteiger partial charge in [-0.1, -0.05) is 0 Å². The van der Waals surface area contributed by atoms with Gasteiger partial charge < -0.3 is 14.6 Å². The highest BCUT2D eigenvalue weighted by molar-refractivity contribution is 9.10. The van der Waals surface area contributed by atoms with E-state index in [4.69, 9.17) is 14.6 Å². The van der Waals surface area contributed by atoms with Gasteiger partial charge >= 0.3 is 5.69 Å². The van der Waals surface area contributed by atoms with E-state index < -0.39 is 34.7 Å². The van der Waals surface area contributed by atoms with Gasteiger partial charge in [-0.25, -0.2) is 8.78 Å². The predicted molar refractivity (Wildman–Crippen MR) is 84.0 cm³/mol. The quantitative estimate of drug-likeness (QED) is 0.544. The number of hydrogen-bond acceptors (Lipinski definition) is 5. The molecule has 1 N–H and O–H groups in total. The van der Waals surface area contributed by atoms with Crippen molar-refractivity contribution in [3.8, 4) is 11.5 Å². The minimum absolute atomic E-state index is 0.0549. The van der Waals surface area contributed by atoms with Crippen molar-refractivity contribution in [2.24, 2.45) is 0 Å². The normalized spacial score (nSPS) is 10.6. The molecule has 0 bridgehead atoms. The lowest BCUT2D eigenvalue weighted by molar-refractivity contribution is -0.387. The highest BCUT2D eigenvalue weighted by atomic mass is 79.9. The van der Waals surface area contributed by atoms with E-state index in [9.17, 15) is 23.3 Å². The second kappa shape index (κ2) is 8.17. The van der Waals surface area contributed by atoms with Crippen LogP contribution >= 0.6 is 15.9 Å². The molecular weight excluding hydrogens is 411 g/mol. The van der Waals surface area contributed by atoms with Gasteiger partial charge in [-0.2, -0.15) is 4.39 Å². The summed E-state index contributed by atoms with van der Waals surface area (Å²) in [4.78, 5) is 9.83. The zero-order chi connectivity index (χ0) is 18.6. The molecule has 2 aromatic rings. The molecule has 10 heteroatoms. The molecule has 2 aromatic carbocycles. The fourth-order valence-electron chi connectivity index (χ4n) is 1.92. The van der Waals surface area contributed by atoms with Crippen LogP contribution in [0.3, 0.4) is 0 Å². The lowest BCUT2D eigenvalue weighted by Gasteiger charge is -2.14. The van der Waals surface area contributed by atoms with E-state index in [1.165, 1.54) is 0 Å². The van der Waals surface area contributed by atoms with Crippen LogP contribution in [-0.4, -0.2) is 23.2 Å². The Morgan fingerprint density at radius 3 is 2.48 bits per heavy atom. The summed E-state index contributed by atoms with van der Waals surface area (Å²) < 4.78 is 51.3. The van der Waals surface area contributed by atoms with E-state index in [0.29, 0.717) is 0 Å². The zero-order valence-electron chi connectivity index (χ0n) is 12.5. The smallest absolute Gasteiger partial charge is 0.308 e. The highest BCUT2D eigenvalue weighted by Gasteiger charge is 2.20. The molecule has 0 atom stereocenters. The molecular formula is C15H11BrF3NO5. The van der Waals surface area contributed by atoms with Crippen molar-refractivity contribution in [2.75, 3.05) is 13.2 Å². The van der Waals surface area contributed by atoms with Crippen molar-refractivity contribution in [2.45, 2.75) is 6.61 Å². The van der Waals surface area contributed by atoms with Gasteiger partial charge in [0.25, 0.3) is 0 Å². The number of rotatable bonds is 7. The average molecular weight is 422 g/mol. The summed E-state index contributed by atoms with van der Waals surface area (Å²) in [5, 5.41) is 19.5. The summed E-state index contributed by atoms with van der Waals surface area (Å²) in [5.74, 6) is -3.62. The van der Waals surface area contributed by atoms with Crippen LogP contribution in [0.5, 0.6) is 11.5 Å². The molecule has 0 fully saturated rings. The Bertz CT molecular complexity index is 803. The second-order valence-corrected chi connectivity index (χ2v) is 5.54. The van der Waals surface area contributed by atoms with E-state index in [0.717, 1.165) is 24.3 Å². The van der Waals surface area contributed by atoms with Crippen molar-refractivity contribution < 1.29 is 32.7 Å². The summed E-state index contributed by atoms with van der Waals surface area (Å²) in [6.07, 6.45) is 0. The third kappa shape index (κ3) is 4.40. The van der Waals surface area contributed by atoms with Crippen molar-refractivity contribution >= 4 is 21.6 Å². The SMILES string of the molecule is O=[N+]([O-])c1cc(OCc2c(OCCO)ccc(F)c2F)c(Br)cc1F. The molecule has 0 aliphatic heterocycles. The van der Waals surface area contributed by atoms with Crippen LogP contribution in [0.2, 0.25) is 0 Å². The molecule has 25 heavy (non-hydrogen) atoms. The van der Waals surface area contributed by atoms with Crippen molar-refractivity contribution in [1.82, 2.24) is 0 Å². The maximum absolute atomic E-state index is 14.0. The standard InChI is InChI=1S/C15H11BrF3NO5/c16-9-5-11(18)12(20(22)23)6-14(9)25-7-8-13(24-4-3-21)2-1-10(17)15(8)19/h1-2,5-6,21H,3-4,7H2. The molecule has 0 unspecified atom stereocenters. The van der Waals surface area contributed by atoms with E-state index in [2.05, 4.69) is 15.9 Å². The minimum Gasteiger partial charge on any atom is -0.491 e. The van der Waals surface area contributed by atoms with Gasteiger partial charge in [0.05, 0.1) is 27.6 Å². The molecule has 2 rings (SSSR count). The van der Waals surface area contributed by atoms with Gasteiger partial charge in [0, 0.05) is 0 Å². The molecule has 0 aliphatic rings. The van der Waals surface area contributed by atoms with Crippen LogP contribution in [0.15, 0.2) is 28.7 Å². The first-order valence-corrected chi connectivity index (χ1v) is 7.61. The Morgan fingerprint density at radius 2 is 1.84 bits per heavy atom. The first-order valence-electron chi connectivity index (χ1n) is 6.82. The lowest BCUT2D eigenvalue weighted by atomic mass is 10.2. The molecule has 134 valence electrons. The first-order chi connectivity index (χ1) is 11.8.